The van der Waals surface area contributed by atoms with Crippen LogP contribution in [0, 0.1) is 15.9 Å². The highest BCUT2D eigenvalue weighted by Crippen LogP contribution is 2.41. The summed E-state index contributed by atoms with van der Waals surface area (Å²) in [6.45, 7) is -0.178. The number of rotatable bonds is 5. The molecule has 1 fully saturated rings. The first kappa shape index (κ1) is 20.6. The number of halogens is 2. The Kier molecular flexibility index (Phi) is 5.76. The van der Waals surface area contributed by atoms with Crippen molar-refractivity contribution < 1.29 is 28.7 Å². The Morgan fingerprint density at radius 1 is 1.34 bits per heavy atom. The first-order chi connectivity index (χ1) is 13.7. The topological polar surface area (TPSA) is 110 Å². The monoisotopic (exact) mass is 438 g/mol. The van der Waals surface area contributed by atoms with Gasteiger partial charge in [-0.1, -0.05) is 17.7 Å². The largest absolute Gasteiger partial charge is 0.504 e. The molecule has 0 radical (unpaired) electrons. The predicted octanol–water partition coefficient (Wildman–Crippen LogP) is 4.34. The van der Waals surface area contributed by atoms with E-state index in [1.807, 2.05) is 0 Å². The van der Waals surface area contributed by atoms with Crippen LogP contribution >= 0.6 is 23.4 Å². The van der Waals surface area contributed by atoms with Gasteiger partial charge in [0.1, 0.15) is 5.82 Å². The maximum Gasteiger partial charge on any atom is 0.322 e. The molecule has 0 atom stereocenters. The molecule has 1 aliphatic rings. The molecule has 1 N–H and O–H groups in total. The number of hydrogen-bond acceptors (Lipinski definition) is 7. The van der Waals surface area contributed by atoms with Gasteiger partial charge in [0.05, 0.1) is 29.0 Å². The third-order valence-corrected chi connectivity index (χ3v) is 5.29. The summed E-state index contributed by atoms with van der Waals surface area (Å²) in [5, 5.41) is 20.6. The minimum Gasteiger partial charge on any atom is -0.504 e. The molecule has 1 heterocycles. The van der Waals surface area contributed by atoms with Gasteiger partial charge in [-0.25, -0.2) is 4.39 Å². The number of benzene rings is 2. The molecule has 0 bridgehead atoms. The van der Waals surface area contributed by atoms with Gasteiger partial charge in [0, 0.05) is 5.02 Å². The van der Waals surface area contributed by atoms with Crippen molar-refractivity contribution in [2.45, 2.75) is 6.54 Å². The summed E-state index contributed by atoms with van der Waals surface area (Å²) in [5.41, 5.74) is -0.190. The minimum atomic E-state index is -0.757. The lowest BCUT2D eigenvalue weighted by atomic mass is 10.1. The van der Waals surface area contributed by atoms with Crippen LogP contribution in [0.15, 0.2) is 35.2 Å². The van der Waals surface area contributed by atoms with Crippen LogP contribution in [0.4, 0.5) is 14.9 Å². The number of aromatic hydroxyl groups is 1. The zero-order chi connectivity index (χ0) is 21.3. The molecule has 0 aromatic heterocycles. The molecule has 2 aromatic carbocycles. The van der Waals surface area contributed by atoms with E-state index in [4.69, 9.17) is 16.3 Å². The number of nitrogens with zero attached hydrogens (tertiary/aromatic N) is 2. The van der Waals surface area contributed by atoms with E-state index >= 15 is 0 Å². The van der Waals surface area contributed by atoms with Gasteiger partial charge in [-0.05, 0) is 47.7 Å². The maximum absolute atomic E-state index is 13.2. The fourth-order valence-electron chi connectivity index (χ4n) is 2.68. The molecule has 1 saturated heterocycles. The lowest BCUT2D eigenvalue weighted by Gasteiger charge is -2.13. The fourth-order valence-corrected chi connectivity index (χ4v) is 3.74. The van der Waals surface area contributed by atoms with Crippen molar-refractivity contribution in [2.24, 2.45) is 0 Å². The Morgan fingerprint density at radius 2 is 2.07 bits per heavy atom. The van der Waals surface area contributed by atoms with Crippen LogP contribution in [0.2, 0.25) is 5.02 Å². The third kappa shape index (κ3) is 4.03. The Labute approximate surface area is 172 Å². The van der Waals surface area contributed by atoms with Gasteiger partial charge < -0.3 is 9.84 Å². The second-order valence-corrected chi connectivity index (χ2v) is 7.22. The van der Waals surface area contributed by atoms with Crippen LogP contribution in [0.25, 0.3) is 6.08 Å². The van der Waals surface area contributed by atoms with E-state index < -0.39 is 33.3 Å². The number of methoxy groups -OCH3 is 1. The molecule has 0 aliphatic carbocycles. The summed E-state index contributed by atoms with van der Waals surface area (Å²) >= 11 is 6.55. The van der Waals surface area contributed by atoms with Crippen LogP contribution in [-0.2, 0) is 11.3 Å². The Bertz CT molecular complexity index is 1070. The predicted molar refractivity (Wildman–Crippen MR) is 104 cm³/mol. The standard InChI is InChI=1S/C18H12ClFN2O6S/c1-28-16-13(23)5-3-9(15(16)22(26)27)6-14-17(24)21(18(25)29-14)8-10-2-4-11(20)7-12(10)19/h2-7,23H,8H2,1H3/b14-6-. The molecular formula is C18H12ClFN2O6S. The number of phenols is 1. The summed E-state index contributed by atoms with van der Waals surface area (Å²) in [6.07, 6.45) is 1.18. The second-order valence-electron chi connectivity index (χ2n) is 5.82. The Hall–Kier alpha value is -3.11. The highest BCUT2D eigenvalue weighted by molar-refractivity contribution is 8.18. The van der Waals surface area contributed by atoms with Crippen LogP contribution in [0.5, 0.6) is 11.5 Å². The Balaban J connectivity index is 1.96. The van der Waals surface area contributed by atoms with E-state index in [0.717, 1.165) is 24.1 Å². The van der Waals surface area contributed by atoms with E-state index in [1.54, 1.807) is 0 Å². The number of carbonyl (C=O) groups is 2. The quantitative estimate of drug-likeness (QED) is 0.420. The van der Waals surface area contributed by atoms with Gasteiger partial charge >= 0.3 is 5.69 Å². The molecule has 2 aromatic rings. The average molecular weight is 439 g/mol. The van der Waals surface area contributed by atoms with Crippen molar-refractivity contribution in [3.05, 3.63) is 67.3 Å². The summed E-state index contributed by atoms with van der Waals surface area (Å²) in [4.78, 5) is 36.4. The maximum atomic E-state index is 13.2. The lowest BCUT2D eigenvalue weighted by Crippen LogP contribution is -2.27. The second kappa shape index (κ2) is 8.10. The van der Waals surface area contributed by atoms with Crippen LogP contribution in [-0.4, -0.2) is 33.2 Å². The number of amides is 2. The van der Waals surface area contributed by atoms with Crippen molar-refractivity contribution in [1.82, 2.24) is 4.90 Å². The first-order valence-corrected chi connectivity index (χ1v) is 9.16. The zero-order valence-electron chi connectivity index (χ0n) is 14.7. The van der Waals surface area contributed by atoms with Crippen molar-refractivity contribution >= 4 is 46.3 Å². The molecular weight excluding hydrogens is 427 g/mol. The Morgan fingerprint density at radius 3 is 2.69 bits per heavy atom. The molecule has 0 spiro atoms. The summed E-state index contributed by atoms with van der Waals surface area (Å²) in [6, 6.07) is 6.00. The van der Waals surface area contributed by atoms with E-state index in [2.05, 4.69) is 0 Å². The SMILES string of the molecule is COc1c(O)ccc(/C=C2\SC(=O)N(Cc3ccc(F)cc3Cl)C2=O)c1[N+](=O)[O-]. The lowest BCUT2D eigenvalue weighted by molar-refractivity contribution is -0.386. The number of phenolic OH excluding ortho intramolecular Hbond substituents is 1. The van der Waals surface area contributed by atoms with Gasteiger partial charge in [0.25, 0.3) is 11.1 Å². The van der Waals surface area contributed by atoms with Crippen LogP contribution in [0.3, 0.4) is 0 Å². The van der Waals surface area contributed by atoms with E-state index in [1.165, 1.54) is 24.3 Å². The number of carbonyl (C=O) groups excluding carboxylic acids is 2. The summed E-state index contributed by atoms with van der Waals surface area (Å²) in [7, 11) is 1.16. The normalized spacial score (nSPS) is 15.3. The molecule has 3 rings (SSSR count). The molecule has 0 unspecified atom stereocenters. The molecule has 2 amide bonds. The molecule has 150 valence electrons. The molecule has 11 heteroatoms. The van der Waals surface area contributed by atoms with Gasteiger partial charge in [0.15, 0.2) is 5.75 Å². The van der Waals surface area contributed by atoms with Crippen molar-refractivity contribution in [3.8, 4) is 11.5 Å². The third-order valence-electron chi connectivity index (χ3n) is 4.03. The number of hydrogen-bond donors (Lipinski definition) is 1. The number of thioether (sulfide) groups is 1. The van der Waals surface area contributed by atoms with Gasteiger partial charge in [-0.3, -0.25) is 24.6 Å². The van der Waals surface area contributed by atoms with E-state index in [9.17, 15) is 29.2 Å². The van der Waals surface area contributed by atoms with Crippen LogP contribution in [0.1, 0.15) is 11.1 Å². The number of ether oxygens (including phenoxy) is 1. The number of nitro benzene ring substituents is 1. The van der Waals surface area contributed by atoms with Gasteiger partial charge in [-0.15, -0.1) is 0 Å². The highest BCUT2D eigenvalue weighted by Gasteiger charge is 2.36. The van der Waals surface area contributed by atoms with Gasteiger partial charge in [-0.2, -0.15) is 0 Å². The summed E-state index contributed by atoms with van der Waals surface area (Å²) in [5.74, 6) is -2.03. The zero-order valence-corrected chi connectivity index (χ0v) is 16.3. The molecule has 8 nitrogen and oxygen atoms in total. The molecule has 0 saturated carbocycles. The number of imide groups is 1. The minimum absolute atomic E-state index is 0.0186. The van der Waals surface area contributed by atoms with Crippen molar-refractivity contribution in [1.29, 1.82) is 0 Å². The highest BCUT2D eigenvalue weighted by atomic mass is 35.5. The van der Waals surface area contributed by atoms with Crippen LogP contribution < -0.4 is 4.74 Å². The smallest absolute Gasteiger partial charge is 0.322 e. The van der Waals surface area contributed by atoms with Gasteiger partial charge in [0.2, 0.25) is 5.75 Å². The van der Waals surface area contributed by atoms with Crippen molar-refractivity contribution in [2.75, 3.05) is 7.11 Å². The van der Waals surface area contributed by atoms with E-state index in [-0.39, 0.29) is 27.8 Å². The number of nitro groups is 1. The molecule has 29 heavy (non-hydrogen) atoms. The van der Waals surface area contributed by atoms with E-state index in [0.29, 0.717) is 17.3 Å². The molecule has 1 aliphatic heterocycles. The first-order valence-electron chi connectivity index (χ1n) is 7.96. The van der Waals surface area contributed by atoms with Crippen molar-refractivity contribution in [3.63, 3.8) is 0 Å². The average Bonchev–Trinajstić information content (AvgIpc) is 2.92. The summed E-state index contributed by atoms with van der Waals surface area (Å²) < 4.78 is 18.1. The fraction of sp³-hybridized carbons (Fsp3) is 0.111.